The fourth-order valence-corrected chi connectivity index (χ4v) is 5.35. The Morgan fingerprint density at radius 3 is 2.45 bits per heavy atom. The van der Waals surface area contributed by atoms with Gasteiger partial charge in [-0.3, -0.25) is 10.1 Å². The highest BCUT2D eigenvalue weighted by molar-refractivity contribution is 7.89. The number of nitrogens with one attached hydrogen (secondary N) is 1. The Balaban J connectivity index is 1.40. The van der Waals surface area contributed by atoms with Crippen molar-refractivity contribution in [3.63, 3.8) is 0 Å². The number of nitro groups is 1. The third-order valence-electron chi connectivity index (χ3n) is 6.70. The van der Waals surface area contributed by atoms with Crippen LogP contribution in [0.5, 0.6) is 11.5 Å². The highest BCUT2D eigenvalue weighted by Crippen LogP contribution is 2.37. The molecule has 0 atom stereocenters. The average molecular weight is 638 g/mol. The first-order valence-corrected chi connectivity index (χ1v) is 15.6. The van der Waals surface area contributed by atoms with Gasteiger partial charge in [-0.2, -0.15) is 0 Å². The summed E-state index contributed by atoms with van der Waals surface area (Å²) in [6, 6.07) is 23.3. The molecule has 14 heteroatoms. The summed E-state index contributed by atoms with van der Waals surface area (Å²) in [4.78, 5) is 11.6. The maximum Gasteiger partial charge on any atom is 0.311 e. The van der Waals surface area contributed by atoms with E-state index in [2.05, 4.69) is 15.6 Å². The monoisotopic (exact) mass is 637 g/mol. The molecule has 44 heavy (non-hydrogen) atoms. The molecule has 0 fully saturated rings. The van der Waals surface area contributed by atoms with Crippen molar-refractivity contribution in [3.8, 4) is 22.6 Å². The minimum atomic E-state index is -3.60. The van der Waals surface area contributed by atoms with Crippen molar-refractivity contribution in [1.82, 2.24) is 15.6 Å². The molecule has 1 heterocycles. The van der Waals surface area contributed by atoms with Crippen molar-refractivity contribution >= 4 is 38.3 Å². The predicted molar refractivity (Wildman–Crippen MR) is 165 cm³/mol. The molecule has 0 unspecified atom stereocenters. The number of nitro benzene ring substituents is 1. The van der Waals surface area contributed by atoms with Gasteiger partial charge in [0.1, 0.15) is 30.0 Å². The lowest BCUT2D eigenvalue weighted by atomic mass is 10.0. The summed E-state index contributed by atoms with van der Waals surface area (Å²) in [5.74, 6) is 0.149. The second-order valence-electron chi connectivity index (χ2n) is 9.89. The molecule has 1 aromatic heterocycles. The van der Waals surface area contributed by atoms with Crippen molar-refractivity contribution < 1.29 is 27.4 Å². The average Bonchev–Trinajstić information content (AvgIpc) is 3.47. The van der Waals surface area contributed by atoms with Crippen LogP contribution in [-0.4, -0.2) is 36.0 Å². The van der Waals surface area contributed by atoms with Crippen LogP contribution < -0.4 is 19.9 Å². The van der Waals surface area contributed by atoms with Gasteiger partial charge < -0.3 is 14.8 Å². The van der Waals surface area contributed by atoms with E-state index < -0.39 is 14.9 Å². The van der Waals surface area contributed by atoms with Crippen LogP contribution in [0.2, 0.25) is 5.02 Å². The van der Waals surface area contributed by atoms with E-state index in [1.807, 2.05) is 48.5 Å². The van der Waals surface area contributed by atoms with E-state index in [1.54, 1.807) is 18.2 Å². The van der Waals surface area contributed by atoms with E-state index >= 15 is 0 Å². The number of primary sulfonamides is 1. The molecule has 5 aromatic rings. The van der Waals surface area contributed by atoms with Crippen molar-refractivity contribution in [2.24, 2.45) is 5.14 Å². The Morgan fingerprint density at radius 2 is 1.68 bits per heavy atom. The summed E-state index contributed by atoms with van der Waals surface area (Å²) in [6.07, 6.45) is 0.271. The first-order valence-electron chi connectivity index (χ1n) is 13.5. The molecule has 0 saturated heterocycles. The largest absolute Gasteiger partial charge is 0.488 e. The summed E-state index contributed by atoms with van der Waals surface area (Å²) in [5, 5.41) is 28.4. The van der Waals surface area contributed by atoms with Gasteiger partial charge >= 0.3 is 5.69 Å². The van der Waals surface area contributed by atoms with Crippen LogP contribution in [0.25, 0.3) is 22.2 Å². The lowest BCUT2D eigenvalue weighted by Crippen LogP contribution is -2.22. The zero-order valence-electron chi connectivity index (χ0n) is 23.3. The second-order valence-corrected chi connectivity index (χ2v) is 12.0. The molecular formula is C30H28ClN5O7S. The molecule has 0 aliphatic heterocycles. The molecule has 0 spiro atoms. The second kappa shape index (κ2) is 13.8. The number of hydrogen-bond donors (Lipinski definition) is 2. The molecule has 0 saturated carbocycles. The Hall–Kier alpha value is -4.56. The number of nitrogens with zero attached hydrogens (tertiary/aromatic N) is 3. The van der Waals surface area contributed by atoms with Crippen LogP contribution in [0.4, 0.5) is 5.69 Å². The third kappa shape index (κ3) is 7.88. The van der Waals surface area contributed by atoms with Gasteiger partial charge in [0, 0.05) is 35.4 Å². The van der Waals surface area contributed by atoms with E-state index in [0.717, 1.165) is 16.7 Å². The third-order valence-corrected chi connectivity index (χ3v) is 8.00. The van der Waals surface area contributed by atoms with Crippen LogP contribution in [0.3, 0.4) is 0 Å². The van der Waals surface area contributed by atoms with Gasteiger partial charge in [-0.05, 0) is 46.5 Å². The summed E-state index contributed by atoms with van der Waals surface area (Å²) in [6.45, 7) is 0.566. The lowest BCUT2D eigenvalue weighted by Gasteiger charge is -2.16. The van der Waals surface area contributed by atoms with Crippen LogP contribution in [0.15, 0.2) is 83.5 Å². The molecule has 0 bridgehead atoms. The van der Waals surface area contributed by atoms with Crippen LogP contribution in [-0.2, 0) is 29.8 Å². The summed E-state index contributed by atoms with van der Waals surface area (Å²) >= 11 is 6.72. The number of ether oxygens (including phenoxy) is 2. The van der Waals surface area contributed by atoms with Crippen LogP contribution >= 0.6 is 11.6 Å². The van der Waals surface area contributed by atoms with Crippen LogP contribution in [0, 0.1) is 10.1 Å². The van der Waals surface area contributed by atoms with Crippen molar-refractivity contribution in [1.29, 1.82) is 0 Å². The molecular weight excluding hydrogens is 610 g/mol. The number of fused-ring (bicyclic) bond motifs is 1. The fraction of sp³-hybridized carbons (Fsp3) is 0.200. The number of nitrogens with two attached hydrogens (primary N) is 1. The van der Waals surface area contributed by atoms with Gasteiger partial charge in [-0.25, -0.2) is 18.2 Å². The molecule has 12 nitrogen and oxygen atoms in total. The Labute approximate surface area is 257 Å². The van der Waals surface area contributed by atoms with Gasteiger partial charge in [-0.15, -0.1) is 0 Å². The molecule has 0 aliphatic carbocycles. The van der Waals surface area contributed by atoms with E-state index in [-0.39, 0.29) is 43.4 Å². The minimum absolute atomic E-state index is 0.000286. The standard InChI is InChI=1S/C30H28ClN5O7S/c31-30-22(8-4-9-24(30)21-6-2-1-3-7-21)19-42-29-16-28(41-18-20-10-11-25-26(14-20)35-43-34-25)23(15-27(29)36(37)38)17-33-12-5-13-44(32,39)40/h1-4,6-11,14-16,33H,5,12-13,17-19H2,(H2,32,39,40). The van der Waals surface area contributed by atoms with E-state index in [1.165, 1.54) is 12.1 Å². The first-order chi connectivity index (χ1) is 21.2. The first kappa shape index (κ1) is 30.9. The molecule has 0 radical (unpaired) electrons. The van der Waals surface area contributed by atoms with Crippen molar-refractivity contribution in [3.05, 3.63) is 111 Å². The Morgan fingerprint density at radius 1 is 0.909 bits per heavy atom. The molecule has 4 aromatic carbocycles. The summed E-state index contributed by atoms with van der Waals surface area (Å²) in [5.41, 5.74) is 4.54. The molecule has 3 N–H and O–H groups in total. The SMILES string of the molecule is NS(=O)(=O)CCCNCc1cc([N+](=O)[O-])c(OCc2cccc(-c3ccccc3)c2Cl)cc1OCc1ccc2nonc2c1. The number of benzene rings is 4. The molecule has 0 aliphatic rings. The van der Waals surface area contributed by atoms with E-state index in [4.69, 9.17) is 30.8 Å². The van der Waals surface area contributed by atoms with Gasteiger partial charge in [0.05, 0.1) is 15.7 Å². The number of sulfonamides is 1. The minimum Gasteiger partial charge on any atom is -0.488 e. The van der Waals surface area contributed by atoms with E-state index in [0.29, 0.717) is 39.5 Å². The quantitative estimate of drug-likeness (QED) is 0.0914. The zero-order chi connectivity index (χ0) is 31.1. The van der Waals surface area contributed by atoms with Crippen molar-refractivity contribution in [2.45, 2.75) is 26.2 Å². The normalized spacial score (nSPS) is 11.5. The lowest BCUT2D eigenvalue weighted by molar-refractivity contribution is -0.386. The van der Waals surface area contributed by atoms with Gasteiger partial charge in [0.25, 0.3) is 0 Å². The summed E-state index contributed by atoms with van der Waals surface area (Å²) in [7, 11) is -3.60. The number of rotatable bonds is 14. The topological polar surface area (TPSA) is 173 Å². The van der Waals surface area contributed by atoms with Crippen LogP contribution in [0.1, 0.15) is 23.1 Å². The fourth-order valence-electron chi connectivity index (χ4n) is 4.51. The number of halogens is 1. The van der Waals surface area contributed by atoms with Gasteiger partial charge in [-0.1, -0.05) is 66.2 Å². The number of aromatic nitrogens is 2. The summed E-state index contributed by atoms with van der Waals surface area (Å²) < 4.78 is 39.4. The Bertz CT molecular complexity index is 1880. The maximum absolute atomic E-state index is 12.1. The van der Waals surface area contributed by atoms with Crippen molar-refractivity contribution in [2.75, 3.05) is 12.3 Å². The predicted octanol–water partition coefficient (Wildman–Crippen LogP) is 5.38. The Kier molecular flexibility index (Phi) is 9.70. The highest BCUT2D eigenvalue weighted by Gasteiger charge is 2.22. The smallest absolute Gasteiger partial charge is 0.311 e. The molecule has 228 valence electrons. The van der Waals surface area contributed by atoms with Gasteiger partial charge in [0.2, 0.25) is 15.8 Å². The maximum atomic E-state index is 12.1. The number of hydrogen-bond acceptors (Lipinski definition) is 10. The zero-order valence-corrected chi connectivity index (χ0v) is 24.9. The molecule has 0 amide bonds. The highest BCUT2D eigenvalue weighted by atomic mass is 35.5. The molecule has 5 rings (SSSR count). The van der Waals surface area contributed by atoms with E-state index in [9.17, 15) is 18.5 Å². The van der Waals surface area contributed by atoms with Gasteiger partial charge in [0.15, 0.2) is 0 Å².